The number of amides is 2. The van der Waals surface area contributed by atoms with Gasteiger partial charge in [0.2, 0.25) is 0 Å². The van der Waals surface area contributed by atoms with Gasteiger partial charge in [-0.25, -0.2) is 14.8 Å². The van der Waals surface area contributed by atoms with Crippen molar-refractivity contribution in [3.05, 3.63) is 47.5 Å². The molecule has 30 heavy (non-hydrogen) atoms. The molecular weight excluding hydrogens is 386 g/mol. The first kappa shape index (κ1) is 18.5. The maximum Gasteiger partial charge on any atom is 0.410 e. The number of likely N-dealkylation sites (tertiary alicyclic amines) is 1. The van der Waals surface area contributed by atoms with Crippen molar-refractivity contribution in [1.82, 2.24) is 35.6 Å². The van der Waals surface area contributed by atoms with Gasteiger partial charge in [-0.05, 0) is 48.9 Å². The largest absolute Gasteiger partial charge is 0.443 e. The van der Waals surface area contributed by atoms with Crippen molar-refractivity contribution in [3.63, 3.8) is 0 Å². The van der Waals surface area contributed by atoms with Crippen LogP contribution in [0.3, 0.4) is 0 Å². The number of fused-ring (bicyclic) bond motifs is 2. The number of piperidine rings is 1. The Kier molecular flexibility index (Phi) is 4.53. The molecule has 3 heterocycles. The second-order valence-corrected chi connectivity index (χ2v) is 7.78. The predicted octanol–water partition coefficient (Wildman–Crippen LogP) is 1.30. The molecule has 2 fully saturated rings. The molecule has 10 heteroatoms. The topological polar surface area (TPSA) is 126 Å². The molecule has 0 bridgehead atoms. The Morgan fingerprint density at radius 1 is 1.20 bits per heavy atom. The number of hydrogen-bond donors (Lipinski definition) is 2. The maximum atomic E-state index is 12.4. The predicted molar refractivity (Wildman–Crippen MR) is 105 cm³/mol. The lowest BCUT2D eigenvalue weighted by molar-refractivity contribution is 0.0928. The Bertz CT molecular complexity index is 1100. The highest BCUT2D eigenvalue weighted by atomic mass is 16.6. The second-order valence-electron chi connectivity index (χ2n) is 7.78. The van der Waals surface area contributed by atoms with Gasteiger partial charge in [0.25, 0.3) is 5.91 Å². The van der Waals surface area contributed by atoms with E-state index in [1.54, 1.807) is 42.3 Å². The van der Waals surface area contributed by atoms with Crippen LogP contribution in [-0.2, 0) is 11.3 Å². The van der Waals surface area contributed by atoms with E-state index in [2.05, 4.69) is 30.7 Å². The molecule has 2 N–H and O–H groups in total. The van der Waals surface area contributed by atoms with E-state index in [4.69, 9.17) is 4.74 Å². The lowest BCUT2D eigenvalue weighted by atomic mass is 10.2. The van der Waals surface area contributed by atoms with Crippen LogP contribution in [0.25, 0.3) is 11.0 Å². The molecule has 1 saturated heterocycles. The molecule has 2 amide bonds. The van der Waals surface area contributed by atoms with Crippen molar-refractivity contribution in [1.29, 1.82) is 0 Å². The van der Waals surface area contributed by atoms with Crippen LogP contribution in [0.15, 0.2) is 30.5 Å². The Morgan fingerprint density at radius 2 is 2.00 bits per heavy atom. The van der Waals surface area contributed by atoms with E-state index in [0.29, 0.717) is 60.0 Å². The van der Waals surface area contributed by atoms with E-state index in [9.17, 15) is 9.59 Å². The van der Waals surface area contributed by atoms with Gasteiger partial charge in [-0.2, -0.15) is 15.4 Å². The molecule has 1 saturated carbocycles. The first-order valence-electron chi connectivity index (χ1n) is 9.87. The summed E-state index contributed by atoms with van der Waals surface area (Å²) >= 11 is 0. The smallest absolute Gasteiger partial charge is 0.410 e. The number of aryl methyl sites for hydroxylation is 1. The van der Waals surface area contributed by atoms with Gasteiger partial charge in [0.15, 0.2) is 0 Å². The number of carbonyl (C=O) groups excluding carboxylic acids is 2. The first-order chi connectivity index (χ1) is 14.6. The molecular formula is C20H21N7O3. The number of rotatable bonds is 5. The fourth-order valence-electron chi connectivity index (χ4n) is 4.21. The minimum atomic E-state index is -0.317. The van der Waals surface area contributed by atoms with Crippen LogP contribution in [0.4, 0.5) is 4.79 Å². The van der Waals surface area contributed by atoms with Crippen LogP contribution >= 0.6 is 0 Å². The van der Waals surface area contributed by atoms with Gasteiger partial charge in [0.1, 0.15) is 23.5 Å². The number of ether oxygens (including phenoxy) is 1. The Balaban J connectivity index is 1.07. The first-order valence-corrected chi connectivity index (χ1v) is 9.87. The lowest BCUT2D eigenvalue weighted by Crippen LogP contribution is -2.34. The molecule has 1 aliphatic carbocycles. The molecule has 0 radical (unpaired) electrons. The zero-order valence-electron chi connectivity index (χ0n) is 16.4. The lowest BCUT2D eigenvalue weighted by Gasteiger charge is -2.19. The van der Waals surface area contributed by atoms with Gasteiger partial charge in [0, 0.05) is 31.4 Å². The molecule has 1 aromatic carbocycles. The van der Waals surface area contributed by atoms with E-state index in [1.807, 2.05) is 0 Å². The summed E-state index contributed by atoms with van der Waals surface area (Å²) in [7, 11) is 0. The molecule has 154 valence electrons. The van der Waals surface area contributed by atoms with Crippen LogP contribution in [0.1, 0.15) is 21.9 Å². The summed E-state index contributed by atoms with van der Waals surface area (Å²) in [5.41, 5.74) is 2.64. The molecule has 0 spiro atoms. The summed E-state index contributed by atoms with van der Waals surface area (Å²) in [6.45, 7) is 3.87. The van der Waals surface area contributed by atoms with Crippen molar-refractivity contribution in [2.45, 2.75) is 13.5 Å². The zero-order chi connectivity index (χ0) is 20.7. The third-order valence-corrected chi connectivity index (χ3v) is 5.88. The maximum absolute atomic E-state index is 12.4. The molecule has 3 aromatic rings. The summed E-state index contributed by atoms with van der Waals surface area (Å²) in [6.07, 6.45) is 1.33. The summed E-state index contributed by atoms with van der Waals surface area (Å²) in [6, 6.07) is 6.97. The van der Waals surface area contributed by atoms with Gasteiger partial charge in [0.05, 0.1) is 5.69 Å². The van der Waals surface area contributed by atoms with Gasteiger partial charge in [-0.15, -0.1) is 0 Å². The van der Waals surface area contributed by atoms with Gasteiger partial charge >= 0.3 is 6.09 Å². The number of nitrogens with zero attached hydrogens (tertiary/aromatic N) is 5. The average molecular weight is 407 g/mol. The Labute approximate surface area is 172 Å². The monoisotopic (exact) mass is 407 g/mol. The number of hydrogen-bond acceptors (Lipinski definition) is 7. The van der Waals surface area contributed by atoms with Crippen LogP contribution in [0, 0.1) is 24.7 Å². The summed E-state index contributed by atoms with van der Waals surface area (Å²) < 4.78 is 5.37. The second kappa shape index (κ2) is 7.36. The van der Waals surface area contributed by atoms with E-state index < -0.39 is 0 Å². The number of carbonyl (C=O) groups is 2. The van der Waals surface area contributed by atoms with Gasteiger partial charge in [-0.3, -0.25) is 4.79 Å². The highest BCUT2D eigenvalue weighted by Gasteiger charge is 2.56. The van der Waals surface area contributed by atoms with Crippen LogP contribution in [0.5, 0.6) is 0 Å². The van der Waals surface area contributed by atoms with Crippen molar-refractivity contribution in [2.75, 3.05) is 19.6 Å². The fraction of sp³-hybridized carbons (Fsp3) is 0.400. The van der Waals surface area contributed by atoms with Crippen LogP contribution in [0.2, 0.25) is 0 Å². The van der Waals surface area contributed by atoms with Crippen molar-refractivity contribution in [3.8, 4) is 0 Å². The quantitative estimate of drug-likeness (QED) is 0.653. The van der Waals surface area contributed by atoms with Crippen molar-refractivity contribution in [2.24, 2.45) is 17.8 Å². The van der Waals surface area contributed by atoms with Crippen molar-refractivity contribution >= 4 is 23.0 Å². The fourth-order valence-corrected chi connectivity index (χ4v) is 4.21. The SMILES string of the molecule is Cc1nccc(COC(=O)N2C[C@@H]3C(CNC(=O)c4ccc5n[nH]nc5c4)[C@@H]3C2)n1. The molecule has 1 unspecified atom stereocenters. The van der Waals surface area contributed by atoms with Crippen molar-refractivity contribution < 1.29 is 14.3 Å². The minimum Gasteiger partial charge on any atom is -0.443 e. The molecule has 1 aliphatic heterocycles. The highest BCUT2D eigenvalue weighted by molar-refractivity contribution is 5.97. The average Bonchev–Trinajstić information content (AvgIpc) is 3.12. The number of H-pyrrole nitrogens is 1. The van der Waals surface area contributed by atoms with E-state index in [-0.39, 0.29) is 18.6 Å². The Morgan fingerprint density at radius 3 is 2.80 bits per heavy atom. The van der Waals surface area contributed by atoms with E-state index in [1.165, 1.54) is 0 Å². The van der Waals surface area contributed by atoms with Gasteiger partial charge < -0.3 is 15.0 Å². The van der Waals surface area contributed by atoms with Crippen LogP contribution < -0.4 is 5.32 Å². The van der Waals surface area contributed by atoms with E-state index in [0.717, 1.165) is 5.52 Å². The minimum absolute atomic E-state index is 0.124. The zero-order valence-corrected chi connectivity index (χ0v) is 16.4. The number of benzene rings is 1. The molecule has 2 aromatic heterocycles. The molecule has 10 nitrogen and oxygen atoms in total. The number of aromatic nitrogens is 5. The third kappa shape index (κ3) is 3.56. The Hall–Kier alpha value is -3.56. The highest BCUT2D eigenvalue weighted by Crippen LogP contribution is 2.51. The summed E-state index contributed by atoms with van der Waals surface area (Å²) in [5.74, 6) is 1.76. The third-order valence-electron chi connectivity index (χ3n) is 5.88. The number of nitrogens with one attached hydrogen (secondary N) is 2. The molecule has 5 rings (SSSR count). The van der Waals surface area contributed by atoms with Gasteiger partial charge in [-0.1, -0.05) is 0 Å². The van der Waals surface area contributed by atoms with E-state index >= 15 is 0 Å². The standard InChI is InChI=1S/C20H21N7O3/c1-11-21-5-4-13(23-11)10-30-20(29)27-8-15-14(16(15)9-27)7-22-19(28)12-2-3-17-18(6-12)25-26-24-17/h2-6,14-16H,7-10H2,1H3,(H,22,28)(H,24,25,26)/t14?,15-,16+. The summed E-state index contributed by atoms with van der Waals surface area (Å²) in [5, 5.41) is 13.5. The molecule has 2 aliphatic rings. The normalized spacial score (nSPS) is 22.0. The van der Waals surface area contributed by atoms with Crippen LogP contribution in [-0.4, -0.2) is 61.9 Å². The summed E-state index contributed by atoms with van der Waals surface area (Å²) in [4.78, 5) is 34.7. The molecule has 3 atom stereocenters. The number of aromatic amines is 1.